The molecule has 0 saturated carbocycles. The van der Waals surface area contributed by atoms with Crippen LogP contribution in [0.4, 0.5) is 0 Å². The van der Waals surface area contributed by atoms with E-state index in [0.717, 1.165) is 13.0 Å². The predicted molar refractivity (Wildman–Crippen MR) is 85.0 cm³/mol. The molecular weight excluding hydrogens is 262 g/mol. The quantitative estimate of drug-likeness (QED) is 0.783. The maximum atomic E-state index is 9.50. The first kappa shape index (κ1) is 15.7. The number of benzene rings is 2. The van der Waals surface area contributed by atoms with Gasteiger partial charge >= 0.3 is 0 Å². The van der Waals surface area contributed by atoms with Gasteiger partial charge in [-0.1, -0.05) is 54.6 Å². The second-order valence-electron chi connectivity index (χ2n) is 5.20. The topological polar surface area (TPSA) is 41.5 Å². The lowest BCUT2D eigenvalue weighted by molar-refractivity contribution is 0.185. The van der Waals surface area contributed by atoms with Crippen molar-refractivity contribution in [3.8, 4) is 0 Å². The summed E-state index contributed by atoms with van der Waals surface area (Å²) in [5.74, 6) is 0. The molecule has 0 heterocycles. The number of hydrogen-bond acceptors (Lipinski definition) is 3. The molecule has 21 heavy (non-hydrogen) atoms. The molecule has 0 aromatic heterocycles. The Labute approximate surface area is 126 Å². The van der Waals surface area contributed by atoms with Crippen molar-refractivity contribution >= 4 is 0 Å². The van der Waals surface area contributed by atoms with Crippen LogP contribution in [-0.2, 0) is 24.3 Å². The van der Waals surface area contributed by atoms with E-state index in [9.17, 15) is 5.11 Å². The molecule has 0 spiro atoms. The fourth-order valence-electron chi connectivity index (χ4n) is 2.28. The molecule has 2 rings (SSSR count). The number of hydrogen-bond donors (Lipinski definition) is 2. The van der Waals surface area contributed by atoms with Gasteiger partial charge in [0.1, 0.15) is 0 Å². The van der Waals surface area contributed by atoms with Gasteiger partial charge in [0.2, 0.25) is 0 Å². The Morgan fingerprint density at radius 2 is 1.62 bits per heavy atom. The lowest BCUT2D eigenvalue weighted by Gasteiger charge is -2.16. The number of aliphatic hydroxyl groups excluding tert-OH is 1. The van der Waals surface area contributed by atoms with Crippen molar-refractivity contribution in [3.05, 3.63) is 71.3 Å². The van der Waals surface area contributed by atoms with Gasteiger partial charge in [0.25, 0.3) is 0 Å². The van der Waals surface area contributed by atoms with Crippen LogP contribution < -0.4 is 5.32 Å². The SMILES string of the molecule is COCc1ccc(CN[C@H](CO)Cc2ccccc2)cc1. The van der Waals surface area contributed by atoms with Crippen LogP contribution in [0.15, 0.2) is 54.6 Å². The van der Waals surface area contributed by atoms with Gasteiger partial charge in [0.15, 0.2) is 0 Å². The van der Waals surface area contributed by atoms with E-state index in [1.165, 1.54) is 16.7 Å². The first-order valence-corrected chi connectivity index (χ1v) is 7.26. The van der Waals surface area contributed by atoms with Gasteiger partial charge in [-0.05, 0) is 23.1 Å². The van der Waals surface area contributed by atoms with Gasteiger partial charge in [-0.25, -0.2) is 0 Å². The Morgan fingerprint density at radius 3 is 2.24 bits per heavy atom. The molecule has 3 nitrogen and oxygen atoms in total. The van der Waals surface area contributed by atoms with Crippen LogP contribution in [0.5, 0.6) is 0 Å². The molecule has 0 aliphatic rings. The molecule has 0 amide bonds. The van der Waals surface area contributed by atoms with Crippen LogP contribution in [0.3, 0.4) is 0 Å². The average Bonchev–Trinajstić information content (AvgIpc) is 2.54. The minimum absolute atomic E-state index is 0.0750. The Balaban J connectivity index is 1.85. The molecule has 0 bridgehead atoms. The van der Waals surface area contributed by atoms with Gasteiger partial charge in [0, 0.05) is 19.7 Å². The highest BCUT2D eigenvalue weighted by Gasteiger charge is 2.07. The lowest BCUT2D eigenvalue weighted by Crippen LogP contribution is -2.34. The van der Waals surface area contributed by atoms with E-state index in [-0.39, 0.29) is 12.6 Å². The van der Waals surface area contributed by atoms with Crippen LogP contribution >= 0.6 is 0 Å². The van der Waals surface area contributed by atoms with Crippen molar-refractivity contribution in [3.63, 3.8) is 0 Å². The minimum Gasteiger partial charge on any atom is -0.395 e. The third-order valence-electron chi connectivity index (χ3n) is 3.47. The zero-order valence-electron chi connectivity index (χ0n) is 12.5. The fourth-order valence-corrected chi connectivity index (χ4v) is 2.28. The van der Waals surface area contributed by atoms with Gasteiger partial charge < -0.3 is 15.2 Å². The Bertz CT molecular complexity index is 511. The number of nitrogens with one attached hydrogen (secondary N) is 1. The van der Waals surface area contributed by atoms with E-state index in [1.54, 1.807) is 7.11 Å². The smallest absolute Gasteiger partial charge is 0.0713 e. The van der Waals surface area contributed by atoms with Crippen molar-refractivity contribution in [2.75, 3.05) is 13.7 Å². The summed E-state index contributed by atoms with van der Waals surface area (Å²) < 4.78 is 5.10. The third-order valence-corrected chi connectivity index (χ3v) is 3.47. The lowest BCUT2D eigenvalue weighted by atomic mass is 10.1. The second kappa shape index (κ2) is 8.57. The molecule has 112 valence electrons. The Morgan fingerprint density at radius 1 is 0.952 bits per heavy atom. The summed E-state index contributed by atoms with van der Waals surface area (Å²) in [6.45, 7) is 1.53. The van der Waals surface area contributed by atoms with Crippen molar-refractivity contribution in [2.24, 2.45) is 0 Å². The molecule has 0 fully saturated rings. The zero-order chi connectivity index (χ0) is 14.9. The molecule has 0 aliphatic carbocycles. The second-order valence-corrected chi connectivity index (χ2v) is 5.20. The van der Waals surface area contributed by atoms with Crippen LogP contribution in [0.25, 0.3) is 0 Å². The van der Waals surface area contributed by atoms with Crippen LogP contribution in [0, 0.1) is 0 Å². The van der Waals surface area contributed by atoms with Gasteiger partial charge in [0.05, 0.1) is 13.2 Å². The van der Waals surface area contributed by atoms with E-state index in [0.29, 0.717) is 6.61 Å². The Hall–Kier alpha value is -1.68. The van der Waals surface area contributed by atoms with Crippen LogP contribution in [0.1, 0.15) is 16.7 Å². The van der Waals surface area contributed by atoms with E-state index in [2.05, 4.69) is 41.7 Å². The first-order valence-electron chi connectivity index (χ1n) is 7.26. The largest absolute Gasteiger partial charge is 0.395 e. The molecule has 2 aromatic carbocycles. The summed E-state index contributed by atoms with van der Waals surface area (Å²) in [6, 6.07) is 18.6. The molecule has 1 atom stereocenters. The number of rotatable bonds is 8. The summed E-state index contributed by atoms with van der Waals surface area (Å²) in [5, 5.41) is 12.9. The molecule has 0 saturated heterocycles. The maximum Gasteiger partial charge on any atom is 0.0713 e. The zero-order valence-corrected chi connectivity index (χ0v) is 12.5. The molecule has 0 unspecified atom stereocenters. The van der Waals surface area contributed by atoms with Gasteiger partial charge in [-0.15, -0.1) is 0 Å². The summed E-state index contributed by atoms with van der Waals surface area (Å²) in [5.41, 5.74) is 3.62. The van der Waals surface area contributed by atoms with Gasteiger partial charge in [-0.3, -0.25) is 0 Å². The molecule has 0 aliphatic heterocycles. The summed E-state index contributed by atoms with van der Waals surface area (Å²) in [7, 11) is 1.70. The van der Waals surface area contributed by atoms with Crippen molar-refractivity contribution in [2.45, 2.75) is 25.6 Å². The highest BCUT2D eigenvalue weighted by atomic mass is 16.5. The highest BCUT2D eigenvalue weighted by molar-refractivity contribution is 5.22. The predicted octanol–water partition coefficient (Wildman–Crippen LogP) is 2.53. The summed E-state index contributed by atoms with van der Waals surface area (Å²) in [4.78, 5) is 0. The number of aliphatic hydroxyl groups is 1. The fraction of sp³-hybridized carbons (Fsp3) is 0.333. The standard InChI is InChI=1S/C18H23NO2/c1-21-14-17-9-7-16(8-10-17)12-19-18(13-20)11-15-5-3-2-4-6-15/h2-10,18-20H,11-14H2,1H3/t18-/m0/s1. The monoisotopic (exact) mass is 285 g/mol. The maximum absolute atomic E-state index is 9.50. The van der Waals surface area contributed by atoms with Crippen LogP contribution in [-0.4, -0.2) is 24.9 Å². The first-order chi connectivity index (χ1) is 10.3. The van der Waals surface area contributed by atoms with Gasteiger partial charge in [-0.2, -0.15) is 0 Å². The van der Waals surface area contributed by atoms with Crippen molar-refractivity contribution in [1.82, 2.24) is 5.32 Å². The highest BCUT2D eigenvalue weighted by Crippen LogP contribution is 2.07. The molecule has 0 radical (unpaired) electrons. The minimum atomic E-state index is 0.0750. The van der Waals surface area contributed by atoms with Crippen molar-refractivity contribution < 1.29 is 9.84 Å². The summed E-state index contributed by atoms with van der Waals surface area (Å²) in [6.07, 6.45) is 0.832. The third kappa shape index (κ3) is 5.31. The van der Waals surface area contributed by atoms with E-state index >= 15 is 0 Å². The normalized spacial score (nSPS) is 12.3. The number of ether oxygens (including phenoxy) is 1. The average molecular weight is 285 g/mol. The molecule has 2 N–H and O–H groups in total. The molecule has 3 heteroatoms. The van der Waals surface area contributed by atoms with E-state index < -0.39 is 0 Å². The molecule has 2 aromatic rings. The van der Waals surface area contributed by atoms with E-state index in [4.69, 9.17) is 4.74 Å². The summed E-state index contributed by atoms with van der Waals surface area (Å²) >= 11 is 0. The van der Waals surface area contributed by atoms with E-state index in [1.807, 2.05) is 18.2 Å². The van der Waals surface area contributed by atoms with Crippen LogP contribution in [0.2, 0.25) is 0 Å². The molecular formula is C18H23NO2. The number of methoxy groups -OCH3 is 1. The Kier molecular flexibility index (Phi) is 6.41. The van der Waals surface area contributed by atoms with Crippen molar-refractivity contribution in [1.29, 1.82) is 0 Å².